The van der Waals surface area contributed by atoms with Gasteiger partial charge in [0.15, 0.2) is 0 Å². The predicted octanol–water partition coefficient (Wildman–Crippen LogP) is 4.58. The summed E-state index contributed by atoms with van der Waals surface area (Å²) >= 11 is 0. The van der Waals surface area contributed by atoms with Gasteiger partial charge in [0.1, 0.15) is 17.5 Å². The van der Waals surface area contributed by atoms with Gasteiger partial charge in [-0.05, 0) is 81.8 Å². The van der Waals surface area contributed by atoms with Gasteiger partial charge in [0, 0.05) is 32.6 Å². The topological polar surface area (TPSA) is 104 Å². The molecule has 0 radical (unpaired) electrons. The minimum Gasteiger partial charge on any atom is -0.443 e. The lowest BCUT2D eigenvalue weighted by molar-refractivity contribution is -0.133. The summed E-state index contributed by atoms with van der Waals surface area (Å²) in [6.07, 6.45) is 7.61. The molecular weight excluding hydrogens is 482 g/mol. The van der Waals surface area contributed by atoms with Gasteiger partial charge in [-0.15, -0.1) is 0 Å². The highest BCUT2D eigenvalue weighted by Crippen LogP contribution is 2.35. The van der Waals surface area contributed by atoms with Crippen molar-refractivity contribution >= 4 is 29.4 Å². The van der Waals surface area contributed by atoms with Crippen molar-refractivity contribution in [3.05, 3.63) is 18.3 Å². The van der Waals surface area contributed by atoms with Gasteiger partial charge in [-0.3, -0.25) is 14.9 Å². The fraction of sp³-hybridized carbons (Fsp3) is 0.724. The van der Waals surface area contributed by atoms with E-state index in [4.69, 9.17) is 4.74 Å². The maximum atomic E-state index is 12.8. The van der Waals surface area contributed by atoms with E-state index in [1.165, 1.54) is 0 Å². The van der Waals surface area contributed by atoms with Crippen molar-refractivity contribution in [2.24, 2.45) is 17.3 Å². The van der Waals surface area contributed by atoms with E-state index in [2.05, 4.69) is 41.3 Å². The predicted molar refractivity (Wildman–Crippen MR) is 148 cm³/mol. The minimum atomic E-state index is -0.466. The average molecular weight is 528 g/mol. The molecule has 3 saturated heterocycles. The number of piperidine rings is 3. The van der Waals surface area contributed by atoms with E-state index in [0.717, 1.165) is 69.8 Å². The Kier molecular flexibility index (Phi) is 8.52. The summed E-state index contributed by atoms with van der Waals surface area (Å²) in [5.41, 5.74) is 0.424. The van der Waals surface area contributed by atoms with E-state index in [1.54, 1.807) is 6.20 Å². The summed E-state index contributed by atoms with van der Waals surface area (Å²) in [6.45, 7) is 14.0. The largest absolute Gasteiger partial charge is 0.443 e. The van der Waals surface area contributed by atoms with E-state index < -0.39 is 11.6 Å². The number of imide groups is 1. The van der Waals surface area contributed by atoms with Crippen LogP contribution in [0.15, 0.2) is 18.3 Å². The number of hydrogen-bond donors (Lipinski definition) is 2. The highest BCUT2D eigenvalue weighted by molar-refractivity contribution is 6.01. The first-order chi connectivity index (χ1) is 17.9. The van der Waals surface area contributed by atoms with E-state index in [0.29, 0.717) is 24.7 Å². The molecule has 0 aromatic carbocycles. The normalized spacial score (nSPS) is 22.3. The number of nitrogens with zero attached hydrogens (tertiary/aromatic N) is 3. The Morgan fingerprint density at radius 1 is 1.00 bits per heavy atom. The number of likely N-dealkylation sites (tertiary alicyclic amines) is 1. The second-order valence-electron chi connectivity index (χ2n) is 13.1. The molecule has 3 amide bonds. The molecule has 1 unspecified atom stereocenters. The minimum absolute atomic E-state index is 0.107. The van der Waals surface area contributed by atoms with Gasteiger partial charge in [-0.2, -0.15) is 0 Å². The quantitative estimate of drug-likeness (QED) is 0.522. The molecule has 4 heterocycles. The van der Waals surface area contributed by atoms with Crippen molar-refractivity contribution in [3.8, 4) is 0 Å². The smallest absolute Gasteiger partial charge is 0.410 e. The first kappa shape index (κ1) is 28.2. The van der Waals surface area contributed by atoms with Gasteiger partial charge in [-0.25, -0.2) is 9.78 Å². The van der Waals surface area contributed by atoms with E-state index in [9.17, 15) is 14.4 Å². The molecule has 0 spiro atoms. The van der Waals surface area contributed by atoms with E-state index in [-0.39, 0.29) is 23.3 Å². The number of hydrogen-bond acceptors (Lipinski definition) is 7. The number of ether oxygens (including phenoxy) is 1. The monoisotopic (exact) mass is 527 g/mol. The number of rotatable bonds is 6. The number of anilines is 2. The Labute approximate surface area is 227 Å². The first-order valence-electron chi connectivity index (χ1n) is 14.2. The van der Waals surface area contributed by atoms with E-state index >= 15 is 0 Å². The first-order valence-corrected chi connectivity index (χ1v) is 14.2. The molecule has 38 heavy (non-hydrogen) atoms. The van der Waals surface area contributed by atoms with Crippen LogP contribution < -0.4 is 15.5 Å². The Morgan fingerprint density at radius 2 is 1.63 bits per heavy atom. The lowest BCUT2D eigenvalue weighted by atomic mass is 9.79. The molecule has 2 N–H and O–H groups in total. The van der Waals surface area contributed by atoms with Gasteiger partial charge in [0.25, 0.3) is 0 Å². The zero-order chi connectivity index (χ0) is 27.5. The summed E-state index contributed by atoms with van der Waals surface area (Å²) in [5, 5.41) is 5.56. The molecule has 9 heteroatoms. The van der Waals surface area contributed by atoms with Crippen molar-refractivity contribution in [2.75, 3.05) is 36.4 Å². The van der Waals surface area contributed by atoms with Gasteiger partial charge >= 0.3 is 6.09 Å². The molecule has 1 aromatic rings. The molecule has 1 atom stereocenters. The Balaban J connectivity index is 1.20. The summed E-state index contributed by atoms with van der Waals surface area (Å²) in [7, 11) is 0. The van der Waals surface area contributed by atoms with Crippen LogP contribution in [-0.4, -0.2) is 65.6 Å². The third-order valence-electron chi connectivity index (χ3n) is 7.98. The third-order valence-corrected chi connectivity index (χ3v) is 7.98. The Morgan fingerprint density at radius 3 is 2.18 bits per heavy atom. The van der Waals surface area contributed by atoms with Crippen LogP contribution in [0.5, 0.6) is 0 Å². The molecule has 3 aliphatic rings. The second kappa shape index (κ2) is 11.5. The number of aromatic nitrogens is 1. The zero-order valence-corrected chi connectivity index (χ0v) is 23.7. The van der Waals surface area contributed by atoms with Gasteiger partial charge in [0.2, 0.25) is 11.8 Å². The molecule has 0 bridgehead atoms. The number of amides is 3. The van der Waals surface area contributed by atoms with Crippen LogP contribution in [0.25, 0.3) is 0 Å². The van der Waals surface area contributed by atoms with Gasteiger partial charge in [0.05, 0.1) is 11.9 Å². The van der Waals surface area contributed by atoms with Gasteiger partial charge < -0.3 is 19.9 Å². The van der Waals surface area contributed by atoms with Crippen molar-refractivity contribution in [2.45, 2.75) is 91.2 Å². The third kappa shape index (κ3) is 7.60. The average Bonchev–Trinajstić information content (AvgIpc) is 2.85. The maximum Gasteiger partial charge on any atom is 0.410 e. The van der Waals surface area contributed by atoms with Crippen LogP contribution in [0.1, 0.15) is 79.6 Å². The number of carbonyl (C=O) groups is 3. The highest BCUT2D eigenvalue weighted by atomic mass is 16.6. The maximum absolute atomic E-state index is 12.8. The number of carbonyl (C=O) groups excluding carboxylic acids is 3. The fourth-order valence-corrected chi connectivity index (χ4v) is 6.46. The van der Waals surface area contributed by atoms with Crippen LogP contribution in [-0.2, 0) is 14.3 Å². The molecule has 3 fully saturated rings. The summed E-state index contributed by atoms with van der Waals surface area (Å²) < 4.78 is 5.89. The molecule has 3 aliphatic heterocycles. The molecule has 0 aliphatic carbocycles. The van der Waals surface area contributed by atoms with Gasteiger partial charge in [-0.1, -0.05) is 20.8 Å². The van der Waals surface area contributed by atoms with Crippen molar-refractivity contribution in [1.82, 2.24) is 15.2 Å². The lowest BCUT2D eigenvalue weighted by Crippen LogP contribution is -2.47. The number of pyridine rings is 1. The molecule has 1 aromatic heterocycles. The Bertz CT molecular complexity index is 987. The molecule has 9 nitrogen and oxygen atoms in total. The van der Waals surface area contributed by atoms with Crippen molar-refractivity contribution in [1.29, 1.82) is 0 Å². The number of nitrogens with one attached hydrogen (secondary N) is 2. The van der Waals surface area contributed by atoms with Crippen molar-refractivity contribution in [3.63, 3.8) is 0 Å². The highest BCUT2D eigenvalue weighted by Gasteiger charge is 2.35. The summed E-state index contributed by atoms with van der Waals surface area (Å²) in [6, 6.07) is 3.55. The molecule has 0 saturated carbocycles. The van der Waals surface area contributed by atoms with Crippen LogP contribution in [0, 0.1) is 17.3 Å². The summed E-state index contributed by atoms with van der Waals surface area (Å²) in [5.74, 6) is 1.79. The van der Waals surface area contributed by atoms with Crippen LogP contribution in [0.4, 0.5) is 16.3 Å². The fourth-order valence-electron chi connectivity index (χ4n) is 6.46. The standard InChI is InChI=1S/C29H45N5O4/c1-28(2,3)19-29(4,5)38-27(37)34-16-12-21(13-17-34)20-10-14-33(15-11-20)24-8-6-22(18-30-24)31-23-7-9-25(35)32-26(23)36/h6,8,18,20-21,23,31H,7,9-17,19H2,1-5H3,(H,32,35,36). The van der Waals surface area contributed by atoms with Crippen molar-refractivity contribution < 1.29 is 19.1 Å². The lowest BCUT2D eigenvalue weighted by Gasteiger charge is -2.41. The Hall–Kier alpha value is -2.84. The van der Waals surface area contributed by atoms with Crippen LogP contribution >= 0.6 is 0 Å². The second-order valence-corrected chi connectivity index (χ2v) is 13.1. The molecular formula is C29H45N5O4. The zero-order valence-electron chi connectivity index (χ0n) is 23.7. The molecule has 4 rings (SSSR count). The SMILES string of the molecule is CC(C)(C)CC(C)(C)OC(=O)N1CCC(C2CCN(c3ccc(NC4CCC(=O)NC4=O)cn3)CC2)CC1. The van der Waals surface area contributed by atoms with E-state index in [1.807, 2.05) is 30.9 Å². The molecule has 210 valence electrons. The van der Waals surface area contributed by atoms with Crippen LogP contribution in [0.2, 0.25) is 0 Å². The summed E-state index contributed by atoms with van der Waals surface area (Å²) in [4.78, 5) is 45.0. The van der Waals surface area contributed by atoms with Crippen LogP contribution in [0.3, 0.4) is 0 Å².